The van der Waals surface area contributed by atoms with Crippen molar-refractivity contribution in [1.82, 2.24) is 0 Å². The van der Waals surface area contributed by atoms with Crippen LogP contribution in [0.1, 0.15) is 46.5 Å². The zero-order valence-corrected chi connectivity index (χ0v) is 13.6. The Bertz CT molecular complexity index is 485. The van der Waals surface area contributed by atoms with Crippen LogP contribution in [-0.2, 0) is 19.1 Å². The number of hydrogen-bond donors (Lipinski definition) is 1. The van der Waals surface area contributed by atoms with Crippen molar-refractivity contribution in [3.05, 3.63) is 0 Å². The summed E-state index contributed by atoms with van der Waals surface area (Å²) in [4.78, 5) is 24.9. The van der Waals surface area contributed by atoms with Crippen molar-refractivity contribution in [3.8, 4) is 0 Å². The van der Waals surface area contributed by atoms with E-state index in [1.807, 2.05) is 0 Å². The average molecular weight is 310 g/mol. The highest BCUT2D eigenvalue weighted by Crippen LogP contribution is 2.63. The molecular formula is C17H26O5. The van der Waals surface area contributed by atoms with E-state index in [0.29, 0.717) is 19.4 Å². The Labute approximate surface area is 131 Å². The topological polar surface area (TPSA) is 72.8 Å². The van der Waals surface area contributed by atoms with Crippen LogP contribution in [0.3, 0.4) is 0 Å². The maximum Gasteiger partial charge on any atom is 0.312 e. The monoisotopic (exact) mass is 310 g/mol. The fourth-order valence-electron chi connectivity index (χ4n) is 5.48. The van der Waals surface area contributed by atoms with E-state index >= 15 is 0 Å². The van der Waals surface area contributed by atoms with Gasteiger partial charge in [-0.3, -0.25) is 9.59 Å². The van der Waals surface area contributed by atoms with Gasteiger partial charge in [0, 0.05) is 5.92 Å². The predicted octanol–water partition coefficient (Wildman–Crippen LogP) is 1.92. The molecule has 0 aromatic rings. The summed E-state index contributed by atoms with van der Waals surface area (Å²) < 4.78 is 10.7. The first-order valence-electron chi connectivity index (χ1n) is 8.35. The molecule has 0 unspecified atom stereocenters. The minimum absolute atomic E-state index is 0.123. The first kappa shape index (κ1) is 15.8. The molecule has 3 fully saturated rings. The van der Waals surface area contributed by atoms with Gasteiger partial charge in [0.05, 0.1) is 30.7 Å². The molecule has 0 spiro atoms. The van der Waals surface area contributed by atoms with Gasteiger partial charge < -0.3 is 14.6 Å². The van der Waals surface area contributed by atoms with Gasteiger partial charge in [0.25, 0.3) is 0 Å². The van der Waals surface area contributed by atoms with E-state index in [2.05, 4.69) is 13.8 Å². The van der Waals surface area contributed by atoms with Crippen molar-refractivity contribution >= 4 is 11.9 Å². The van der Waals surface area contributed by atoms with Crippen LogP contribution < -0.4 is 0 Å². The third-order valence-corrected chi connectivity index (χ3v) is 6.18. The van der Waals surface area contributed by atoms with Crippen molar-refractivity contribution in [2.24, 2.45) is 28.6 Å². The van der Waals surface area contributed by atoms with E-state index < -0.39 is 11.5 Å². The van der Waals surface area contributed by atoms with Crippen LogP contribution in [-0.4, -0.2) is 36.4 Å². The lowest BCUT2D eigenvalue weighted by Gasteiger charge is -2.57. The Morgan fingerprint density at radius 2 is 2.09 bits per heavy atom. The van der Waals surface area contributed by atoms with Crippen LogP contribution in [0.5, 0.6) is 0 Å². The van der Waals surface area contributed by atoms with Gasteiger partial charge >= 0.3 is 11.9 Å². The number of ether oxygens (including phenoxy) is 2. The molecule has 3 rings (SSSR count). The van der Waals surface area contributed by atoms with Crippen LogP contribution in [0.2, 0.25) is 0 Å². The van der Waals surface area contributed by atoms with E-state index in [1.54, 1.807) is 6.92 Å². The zero-order chi connectivity index (χ0) is 16.1. The molecule has 1 heterocycles. The molecule has 3 aliphatic rings. The van der Waals surface area contributed by atoms with Crippen LogP contribution in [0, 0.1) is 28.6 Å². The molecule has 0 radical (unpaired) electrons. The maximum atomic E-state index is 12.9. The second-order valence-electron chi connectivity index (χ2n) is 7.78. The Morgan fingerprint density at radius 1 is 1.36 bits per heavy atom. The lowest BCUT2D eigenvalue weighted by atomic mass is 9.45. The Kier molecular flexibility index (Phi) is 3.75. The highest BCUT2D eigenvalue weighted by molar-refractivity contribution is 5.82. The van der Waals surface area contributed by atoms with Crippen molar-refractivity contribution < 1.29 is 24.2 Å². The van der Waals surface area contributed by atoms with Gasteiger partial charge in [-0.15, -0.1) is 0 Å². The molecule has 2 aliphatic carbocycles. The summed E-state index contributed by atoms with van der Waals surface area (Å²) in [5.41, 5.74) is -0.937. The molecule has 1 aliphatic heterocycles. The quantitative estimate of drug-likeness (QED) is 0.789. The highest BCUT2D eigenvalue weighted by Gasteiger charge is 2.66. The first-order chi connectivity index (χ1) is 10.3. The molecule has 1 saturated heterocycles. The van der Waals surface area contributed by atoms with Gasteiger partial charge in [-0.05, 0) is 43.9 Å². The minimum Gasteiger partial charge on any atom is -0.466 e. The van der Waals surface area contributed by atoms with Gasteiger partial charge in [-0.25, -0.2) is 0 Å². The van der Waals surface area contributed by atoms with Crippen LogP contribution >= 0.6 is 0 Å². The number of aliphatic hydroxyl groups excluding tert-OH is 1. The summed E-state index contributed by atoms with van der Waals surface area (Å²) in [6, 6.07) is 0. The van der Waals surface area contributed by atoms with E-state index in [1.165, 1.54) is 0 Å². The molecule has 5 atom stereocenters. The van der Waals surface area contributed by atoms with Crippen LogP contribution in [0.4, 0.5) is 0 Å². The predicted molar refractivity (Wildman–Crippen MR) is 78.8 cm³/mol. The smallest absolute Gasteiger partial charge is 0.312 e. The fraction of sp³-hybridized carbons (Fsp3) is 0.882. The van der Waals surface area contributed by atoms with Gasteiger partial charge in [-0.1, -0.05) is 13.8 Å². The van der Waals surface area contributed by atoms with Crippen LogP contribution in [0.25, 0.3) is 0 Å². The third kappa shape index (κ3) is 2.08. The van der Waals surface area contributed by atoms with E-state index in [0.717, 1.165) is 12.8 Å². The summed E-state index contributed by atoms with van der Waals surface area (Å²) in [7, 11) is 0. The second-order valence-corrected chi connectivity index (χ2v) is 7.78. The molecule has 0 amide bonds. The Hall–Kier alpha value is -1.10. The molecule has 0 aromatic carbocycles. The van der Waals surface area contributed by atoms with E-state index in [-0.39, 0.29) is 41.7 Å². The largest absolute Gasteiger partial charge is 0.466 e. The SMILES string of the molecule is CCOC(=O)[C@]12C[C@@H](O)CC(C)(C)[C@@H]1CC[C@@H]1C(=O)OC[C@@H]12. The normalized spacial score (nSPS) is 43.0. The Morgan fingerprint density at radius 3 is 2.77 bits per heavy atom. The molecule has 0 bridgehead atoms. The lowest BCUT2D eigenvalue weighted by Crippen LogP contribution is -2.60. The van der Waals surface area contributed by atoms with Crippen molar-refractivity contribution in [1.29, 1.82) is 0 Å². The van der Waals surface area contributed by atoms with Crippen molar-refractivity contribution in [2.45, 2.75) is 52.6 Å². The molecule has 0 aromatic heterocycles. The number of aliphatic hydroxyl groups is 1. The van der Waals surface area contributed by atoms with Gasteiger partial charge in [0.2, 0.25) is 0 Å². The zero-order valence-electron chi connectivity index (χ0n) is 13.6. The van der Waals surface area contributed by atoms with E-state index in [4.69, 9.17) is 9.47 Å². The maximum absolute atomic E-state index is 12.9. The van der Waals surface area contributed by atoms with Crippen molar-refractivity contribution in [2.75, 3.05) is 13.2 Å². The standard InChI is InChI=1S/C17H26O5/c1-4-21-15(20)17-8-10(18)7-16(2,3)13(17)6-5-11-12(17)9-22-14(11)19/h10-13,18H,4-9H2,1-3H3/t10-,11-,12-,13-,17-/m0/s1. The number of rotatable bonds is 2. The van der Waals surface area contributed by atoms with Gasteiger partial charge in [0.1, 0.15) is 0 Å². The van der Waals surface area contributed by atoms with Crippen LogP contribution in [0.15, 0.2) is 0 Å². The number of cyclic esters (lactones) is 1. The number of carbonyl (C=O) groups excluding carboxylic acids is 2. The molecule has 1 N–H and O–H groups in total. The molecule has 2 saturated carbocycles. The highest BCUT2D eigenvalue weighted by atomic mass is 16.5. The number of hydrogen-bond acceptors (Lipinski definition) is 5. The third-order valence-electron chi connectivity index (χ3n) is 6.18. The fourth-order valence-corrected chi connectivity index (χ4v) is 5.48. The molecule has 124 valence electrons. The summed E-state index contributed by atoms with van der Waals surface area (Å²) >= 11 is 0. The summed E-state index contributed by atoms with van der Waals surface area (Å²) in [5.74, 6) is -0.697. The minimum atomic E-state index is -0.785. The molecule has 5 nitrogen and oxygen atoms in total. The first-order valence-corrected chi connectivity index (χ1v) is 8.35. The summed E-state index contributed by atoms with van der Waals surface area (Å²) in [6.45, 7) is 6.63. The molecule has 5 heteroatoms. The second kappa shape index (κ2) is 5.22. The van der Waals surface area contributed by atoms with Gasteiger partial charge in [0.15, 0.2) is 0 Å². The Balaban J connectivity index is 2.07. The molecule has 22 heavy (non-hydrogen) atoms. The number of fused-ring (bicyclic) bond motifs is 3. The van der Waals surface area contributed by atoms with Crippen molar-refractivity contribution in [3.63, 3.8) is 0 Å². The summed E-state index contributed by atoms with van der Waals surface area (Å²) in [5, 5.41) is 10.4. The average Bonchev–Trinajstić information content (AvgIpc) is 2.80. The van der Waals surface area contributed by atoms with E-state index in [9.17, 15) is 14.7 Å². The number of esters is 2. The van der Waals surface area contributed by atoms with Gasteiger partial charge in [-0.2, -0.15) is 0 Å². The molecular weight excluding hydrogens is 284 g/mol. The number of carbonyl (C=O) groups is 2. The lowest BCUT2D eigenvalue weighted by molar-refractivity contribution is -0.192. The summed E-state index contributed by atoms with van der Waals surface area (Å²) in [6.07, 6.45) is 2.12.